The van der Waals surface area contributed by atoms with Gasteiger partial charge < -0.3 is 0 Å². The van der Waals surface area contributed by atoms with E-state index >= 15 is 0 Å². The van der Waals surface area contributed by atoms with Crippen LogP contribution in [0.3, 0.4) is 0 Å². The fourth-order valence-corrected chi connectivity index (χ4v) is 2.03. The average molecular weight is 330 g/mol. The summed E-state index contributed by atoms with van der Waals surface area (Å²) in [6.45, 7) is 0. The second kappa shape index (κ2) is 7.55. The molecule has 0 aliphatic rings. The summed E-state index contributed by atoms with van der Waals surface area (Å²) in [7, 11) is 0. The van der Waals surface area contributed by atoms with E-state index in [1.165, 1.54) is 5.39 Å². The Morgan fingerprint density at radius 2 is 1.21 bits per heavy atom. The van der Waals surface area contributed by atoms with Crippen LogP contribution in [0.5, 0.6) is 0 Å². The lowest BCUT2D eigenvalue weighted by molar-refractivity contribution is -0.137. The van der Waals surface area contributed by atoms with Gasteiger partial charge >= 0.3 is 6.18 Å². The van der Waals surface area contributed by atoms with Gasteiger partial charge in [0.15, 0.2) is 0 Å². The minimum atomic E-state index is -4.33. The van der Waals surface area contributed by atoms with Gasteiger partial charge in [0.1, 0.15) is 12.6 Å². The molecule has 0 spiro atoms. The first kappa shape index (κ1) is 17.4. The van der Waals surface area contributed by atoms with Gasteiger partial charge in [0.05, 0.1) is 5.56 Å². The van der Waals surface area contributed by atoms with Crippen molar-refractivity contribution >= 4 is 23.3 Å². The number of halogens is 3. The second-order valence-corrected chi connectivity index (χ2v) is 4.96. The highest BCUT2D eigenvalue weighted by atomic mass is 19.4. The quantitative estimate of drug-likeness (QED) is 0.608. The molecule has 3 aromatic rings. The number of fused-ring (bicyclic) bond motifs is 1. The van der Waals surface area contributed by atoms with E-state index in [-0.39, 0.29) is 5.56 Å². The Balaban J connectivity index is 0.000000174. The highest BCUT2D eigenvalue weighted by Gasteiger charge is 2.29. The first-order valence-corrected chi connectivity index (χ1v) is 7.00. The van der Waals surface area contributed by atoms with Gasteiger partial charge in [-0.25, -0.2) is 0 Å². The molecule has 3 aromatic carbocycles. The van der Waals surface area contributed by atoms with E-state index in [2.05, 4.69) is 0 Å². The molecular formula is C19H13F3O2. The number of alkyl halides is 3. The molecule has 0 aliphatic heterocycles. The summed E-state index contributed by atoms with van der Waals surface area (Å²) in [5, 5.41) is 2.28. The molecule has 0 unspecified atom stereocenters. The number of carbonyl (C=O) groups excluding carboxylic acids is 2. The Kier molecular flexibility index (Phi) is 5.47. The molecule has 0 N–H and O–H groups in total. The van der Waals surface area contributed by atoms with Crippen LogP contribution in [0.15, 0.2) is 66.7 Å². The van der Waals surface area contributed by atoms with Crippen LogP contribution in [0.25, 0.3) is 10.8 Å². The topological polar surface area (TPSA) is 34.1 Å². The van der Waals surface area contributed by atoms with E-state index in [0.29, 0.717) is 6.29 Å². The minimum absolute atomic E-state index is 0.239. The Morgan fingerprint density at radius 1 is 0.667 bits per heavy atom. The van der Waals surface area contributed by atoms with Gasteiger partial charge in [-0.1, -0.05) is 48.5 Å². The lowest BCUT2D eigenvalue weighted by Gasteiger charge is -2.04. The SMILES string of the molecule is O=Cc1ccc(C(F)(F)F)cc1.O=Cc1ccc2ccccc2c1. The van der Waals surface area contributed by atoms with Crippen LogP contribution in [0.1, 0.15) is 26.3 Å². The van der Waals surface area contributed by atoms with Crippen molar-refractivity contribution in [3.63, 3.8) is 0 Å². The summed E-state index contributed by atoms with van der Waals surface area (Å²) < 4.78 is 35.8. The molecule has 0 atom stereocenters. The summed E-state index contributed by atoms with van der Waals surface area (Å²) in [5.74, 6) is 0. The molecule has 3 rings (SSSR count). The predicted molar refractivity (Wildman–Crippen MR) is 86.2 cm³/mol. The molecule has 0 radical (unpaired) electrons. The summed E-state index contributed by atoms with van der Waals surface area (Å²) in [6.07, 6.45) is -2.96. The monoisotopic (exact) mass is 330 g/mol. The Bertz CT molecular complexity index is 837. The van der Waals surface area contributed by atoms with Gasteiger partial charge in [-0.3, -0.25) is 9.59 Å². The van der Waals surface area contributed by atoms with Crippen molar-refractivity contribution in [1.82, 2.24) is 0 Å². The largest absolute Gasteiger partial charge is 0.416 e. The van der Waals surface area contributed by atoms with Gasteiger partial charge in [0.2, 0.25) is 0 Å². The molecule has 0 saturated carbocycles. The Hall–Kier alpha value is -2.95. The number of carbonyl (C=O) groups is 2. The minimum Gasteiger partial charge on any atom is -0.298 e. The molecule has 0 bridgehead atoms. The smallest absolute Gasteiger partial charge is 0.298 e. The van der Waals surface area contributed by atoms with E-state index in [1.807, 2.05) is 42.5 Å². The summed E-state index contributed by atoms with van der Waals surface area (Å²) in [6, 6.07) is 17.7. The molecule has 0 aromatic heterocycles. The van der Waals surface area contributed by atoms with Gasteiger partial charge in [-0.15, -0.1) is 0 Å². The molecule has 24 heavy (non-hydrogen) atoms. The highest BCUT2D eigenvalue weighted by molar-refractivity contribution is 5.88. The molecule has 0 fully saturated rings. The van der Waals surface area contributed by atoms with Crippen molar-refractivity contribution in [3.05, 3.63) is 83.4 Å². The lowest BCUT2D eigenvalue weighted by Crippen LogP contribution is -2.04. The molecule has 0 amide bonds. The number of aldehydes is 2. The molecule has 2 nitrogen and oxygen atoms in total. The van der Waals surface area contributed by atoms with Crippen LogP contribution < -0.4 is 0 Å². The number of hydrogen-bond donors (Lipinski definition) is 0. The van der Waals surface area contributed by atoms with Gasteiger partial charge in [-0.05, 0) is 29.0 Å². The van der Waals surface area contributed by atoms with Crippen LogP contribution in [0.2, 0.25) is 0 Å². The first-order chi connectivity index (χ1) is 11.4. The van der Waals surface area contributed by atoms with Crippen molar-refractivity contribution in [1.29, 1.82) is 0 Å². The average Bonchev–Trinajstić information content (AvgIpc) is 2.61. The zero-order valence-electron chi connectivity index (χ0n) is 12.5. The zero-order valence-corrected chi connectivity index (χ0v) is 12.5. The third-order valence-corrected chi connectivity index (χ3v) is 3.28. The highest BCUT2D eigenvalue weighted by Crippen LogP contribution is 2.28. The van der Waals surface area contributed by atoms with Crippen molar-refractivity contribution in [2.75, 3.05) is 0 Å². The van der Waals surface area contributed by atoms with Gasteiger partial charge in [-0.2, -0.15) is 13.2 Å². The number of rotatable bonds is 2. The third-order valence-electron chi connectivity index (χ3n) is 3.28. The van der Waals surface area contributed by atoms with Gasteiger partial charge in [0.25, 0.3) is 0 Å². The fraction of sp³-hybridized carbons (Fsp3) is 0.0526. The standard InChI is InChI=1S/C11H8O.C8H5F3O/c12-8-9-5-6-10-3-1-2-4-11(10)7-9;9-8(10,11)7-3-1-6(5-12)2-4-7/h1-8H;1-5H. The van der Waals surface area contributed by atoms with E-state index < -0.39 is 11.7 Å². The van der Waals surface area contributed by atoms with E-state index in [4.69, 9.17) is 0 Å². The van der Waals surface area contributed by atoms with Crippen molar-refractivity contribution in [3.8, 4) is 0 Å². The molecule has 0 saturated heterocycles. The summed E-state index contributed by atoms with van der Waals surface area (Å²) in [5.41, 5.74) is 0.227. The van der Waals surface area contributed by atoms with Crippen LogP contribution >= 0.6 is 0 Å². The predicted octanol–water partition coefficient (Wildman–Crippen LogP) is 5.17. The summed E-state index contributed by atoms with van der Waals surface area (Å²) >= 11 is 0. The number of benzene rings is 3. The molecule has 5 heteroatoms. The zero-order chi connectivity index (χ0) is 17.6. The third kappa shape index (κ3) is 4.52. The van der Waals surface area contributed by atoms with Crippen LogP contribution in [-0.4, -0.2) is 12.6 Å². The molecule has 0 heterocycles. The first-order valence-electron chi connectivity index (χ1n) is 7.00. The maximum absolute atomic E-state index is 11.9. The second-order valence-electron chi connectivity index (χ2n) is 4.96. The Morgan fingerprint density at radius 3 is 1.75 bits per heavy atom. The Labute approximate surface area is 136 Å². The lowest BCUT2D eigenvalue weighted by atomic mass is 10.1. The van der Waals surface area contributed by atoms with Crippen LogP contribution in [-0.2, 0) is 6.18 Å². The maximum Gasteiger partial charge on any atom is 0.416 e. The molecule has 0 aliphatic carbocycles. The van der Waals surface area contributed by atoms with E-state index in [1.54, 1.807) is 0 Å². The summed E-state index contributed by atoms with van der Waals surface area (Å²) in [4.78, 5) is 20.5. The van der Waals surface area contributed by atoms with Crippen molar-refractivity contribution in [2.45, 2.75) is 6.18 Å². The van der Waals surface area contributed by atoms with Crippen molar-refractivity contribution in [2.24, 2.45) is 0 Å². The van der Waals surface area contributed by atoms with E-state index in [0.717, 1.165) is 41.5 Å². The van der Waals surface area contributed by atoms with Crippen LogP contribution in [0, 0.1) is 0 Å². The normalized spacial score (nSPS) is 10.6. The molecule has 122 valence electrons. The van der Waals surface area contributed by atoms with Crippen LogP contribution in [0.4, 0.5) is 13.2 Å². The van der Waals surface area contributed by atoms with Gasteiger partial charge in [0, 0.05) is 11.1 Å². The molecular weight excluding hydrogens is 317 g/mol. The van der Waals surface area contributed by atoms with E-state index in [9.17, 15) is 22.8 Å². The van der Waals surface area contributed by atoms with Crippen molar-refractivity contribution < 1.29 is 22.8 Å². The number of hydrogen-bond acceptors (Lipinski definition) is 2. The maximum atomic E-state index is 11.9. The fourth-order valence-electron chi connectivity index (χ4n) is 2.03.